The van der Waals surface area contributed by atoms with Gasteiger partial charge in [0.15, 0.2) is 0 Å². The number of aromatic nitrogens is 1. The maximum atomic E-state index is 12.4. The summed E-state index contributed by atoms with van der Waals surface area (Å²) in [7, 11) is 0. The van der Waals surface area contributed by atoms with Crippen molar-refractivity contribution in [2.45, 2.75) is 25.3 Å². The Bertz CT molecular complexity index is 1370. The maximum absolute atomic E-state index is 12.4. The fourth-order valence-electron chi connectivity index (χ4n) is 4.81. The molecule has 5 rings (SSSR count). The van der Waals surface area contributed by atoms with Crippen molar-refractivity contribution in [2.75, 3.05) is 18.4 Å². The van der Waals surface area contributed by atoms with Crippen molar-refractivity contribution in [3.8, 4) is 0 Å². The van der Waals surface area contributed by atoms with Crippen LogP contribution in [0.5, 0.6) is 0 Å². The van der Waals surface area contributed by atoms with Crippen LogP contribution in [0.3, 0.4) is 0 Å². The third-order valence-electron chi connectivity index (χ3n) is 6.62. The van der Waals surface area contributed by atoms with Crippen LogP contribution in [0.1, 0.15) is 35.4 Å². The number of amides is 1. The van der Waals surface area contributed by atoms with Crippen molar-refractivity contribution >= 4 is 51.8 Å². The van der Waals surface area contributed by atoms with Gasteiger partial charge in [-0.05, 0) is 84.9 Å². The molecule has 0 aliphatic carbocycles. The lowest BCUT2D eigenvalue weighted by molar-refractivity contribution is -0.111. The second-order valence-electron chi connectivity index (χ2n) is 9.04. The predicted molar refractivity (Wildman–Crippen MR) is 146 cm³/mol. The van der Waals surface area contributed by atoms with Crippen molar-refractivity contribution in [2.24, 2.45) is 0 Å². The number of nitrogens with zero attached hydrogens (tertiary/aromatic N) is 1. The molecule has 1 aliphatic rings. The first kappa shape index (κ1) is 23.7. The number of rotatable bonds is 6. The van der Waals surface area contributed by atoms with Gasteiger partial charge in [0.2, 0.25) is 5.91 Å². The number of likely N-dealkylation sites (tertiary alicyclic amines) is 1. The molecule has 0 bridgehead atoms. The number of H-pyrrole nitrogens is 1. The van der Waals surface area contributed by atoms with Crippen molar-refractivity contribution in [3.05, 3.63) is 106 Å². The van der Waals surface area contributed by atoms with Crippen LogP contribution >= 0.6 is 23.2 Å². The van der Waals surface area contributed by atoms with Gasteiger partial charge in [-0.3, -0.25) is 9.69 Å². The molecular formula is C29H27Cl2N3O. The molecule has 2 heterocycles. The van der Waals surface area contributed by atoms with E-state index in [1.54, 1.807) is 18.2 Å². The van der Waals surface area contributed by atoms with E-state index in [1.807, 2.05) is 18.2 Å². The van der Waals surface area contributed by atoms with E-state index in [9.17, 15) is 4.79 Å². The van der Waals surface area contributed by atoms with Gasteiger partial charge >= 0.3 is 0 Å². The van der Waals surface area contributed by atoms with Crippen molar-refractivity contribution in [1.82, 2.24) is 9.88 Å². The minimum absolute atomic E-state index is 0.187. The van der Waals surface area contributed by atoms with Gasteiger partial charge in [0, 0.05) is 35.4 Å². The number of halogens is 2. The number of fused-ring (bicyclic) bond motifs is 1. The third kappa shape index (κ3) is 5.79. The number of hydrogen-bond donors (Lipinski definition) is 2. The molecule has 1 saturated heterocycles. The van der Waals surface area contributed by atoms with Crippen LogP contribution in [0.4, 0.5) is 5.69 Å². The van der Waals surface area contributed by atoms with Gasteiger partial charge in [-0.15, -0.1) is 0 Å². The number of benzene rings is 3. The summed E-state index contributed by atoms with van der Waals surface area (Å²) in [5, 5.41) is 5.26. The Hall–Kier alpha value is -3.05. The maximum Gasteiger partial charge on any atom is 0.248 e. The first-order chi connectivity index (χ1) is 17.0. The monoisotopic (exact) mass is 503 g/mol. The molecule has 0 spiro atoms. The molecule has 0 atom stereocenters. The fourth-order valence-corrected chi connectivity index (χ4v) is 5.12. The zero-order valence-corrected chi connectivity index (χ0v) is 20.8. The second kappa shape index (κ2) is 10.7. The topological polar surface area (TPSA) is 48.1 Å². The number of nitrogens with one attached hydrogen (secondary N) is 2. The van der Waals surface area contributed by atoms with Crippen LogP contribution in [-0.4, -0.2) is 28.9 Å². The summed E-state index contributed by atoms with van der Waals surface area (Å²) in [6, 6.07) is 21.9. The molecule has 2 N–H and O–H groups in total. The predicted octanol–water partition coefficient (Wildman–Crippen LogP) is 7.51. The van der Waals surface area contributed by atoms with Gasteiger partial charge in [0.05, 0.1) is 10.0 Å². The molecule has 35 heavy (non-hydrogen) atoms. The van der Waals surface area contributed by atoms with E-state index in [4.69, 9.17) is 23.2 Å². The molecule has 1 aliphatic heterocycles. The van der Waals surface area contributed by atoms with Gasteiger partial charge in [-0.2, -0.15) is 0 Å². The minimum atomic E-state index is -0.187. The van der Waals surface area contributed by atoms with E-state index in [0.717, 1.165) is 43.7 Å². The first-order valence-corrected chi connectivity index (χ1v) is 12.6. The number of para-hydroxylation sites is 1. The van der Waals surface area contributed by atoms with E-state index in [0.29, 0.717) is 16.0 Å². The van der Waals surface area contributed by atoms with E-state index >= 15 is 0 Å². The molecular weight excluding hydrogens is 477 g/mol. The third-order valence-corrected chi connectivity index (χ3v) is 7.36. The Morgan fingerprint density at radius 1 is 1.00 bits per heavy atom. The number of carbonyl (C=O) groups excluding carboxylic acids is 1. The number of anilines is 1. The Balaban J connectivity index is 1.16. The average Bonchev–Trinajstić information content (AvgIpc) is 3.30. The summed E-state index contributed by atoms with van der Waals surface area (Å²) < 4.78 is 0. The van der Waals surface area contributed by atoms with Gasteiger partial charge < -0.3 is 10.3 Å². The largest absolute Gasteiger partial charge is 0.361 e. The van der Waals surface area contributed by atoms with Crippen LogP contribution in [0.15, 0.2) is 79.0 Å². The molecule has 178 valence electrons. The molecule has 3 aromatic carbocycles. The highest BCUT2D eigenvalue weighted by Crippen LogP contribution is 2.33. The molecule has 6 heteroatoms. The summed E-state index contributed by atoms with van der Waals surface area (Å²) in [5.74, 6) is 0.406. The zero-order valence-electron chi connectivity index (χ0n) is 19.3. The number of aromatic amines is 1. The molecule has 0 radical (unpaired) electrons. The molecule has 1 aromatic heterocycles. The van der Waals surface area contributed by atoms with E-state index in [-0.39, 0.29) is 5.91 Å². The van der Waals surface area contributed by atoms with E-state index in [1.165, 1.54) is 28.1 Å². The highest BCUT2D eigenvalue weighted by molar-refractivity contribution is 6.42. The highest BCUT2D eigenvalue weighted by atomic mass is 35.5. The zero-order chi connectivity index (χ0) is 24.2. The summed E-state index contributed by atoms with van der Waals surface area (Å²) in [5.41, 5.74) is 5.47. The van der Waals surface area contributed by atoms with Crippen molar-refractivity contribution in [1.29, 1.82) is 0 Å². The minimum Gasteiger partial charge on any atom is -0.361 e. The van der Waals surface area contributed by atoms with Gasteiger partial charge in [-0.1, -0.05) is 59.6 Å². The number of carbonyl (C=O) groups is 1. The standard InChI is InChI=1S/C29H27Cl2N3O/c30-26-10-8-20(17-27(26)31)9-11-29(35)33-23-5-3-4-21(16-23)19-34-14-12-22(13-15-34)25-18-32-28-7-2-1-6-24(25)28/h1-11,16-18,22,32H,12-15,19H2,(H,33,35)/b11-9+. The molecule has 4 aromatic rings. The molecule has 0 saturated carbocycles. The lowest BCUT2D eigenvalue weighted by Gasteiger charge is -2.32. The Morgan fingerprint density at radius 3 is 2.66 bits per heavy atom. The van der Waals surface area contributed by atoms with Gasteiger partial charge in [-0.25, -0.2) is 0 Å². The number of piperidine rings is 1. The highest BCUT2D eigenvalue weighted by Gasteiger charge is 2.22. The molecule has 0 unspecified atom stereocenters. The SMILES string of the molecule is O=C(/C=C/c1ccc(Cl)c(Cl)c1)Nc1cccc(CN2CCC(c3c[nH]c4ccccc34)CC2)c1. The summed E-state index contributed by atoms with van der Waals surface area (Å²) in [6.07, 6.45) is 7.71. The van der Waals surface area contributed by atoms with E-state index in [2.05, 4.69) is 57.8 Å². The quantitative estimate of drug-likeness (QED) is 0.267. The second-order valence-corrected chi connectivity index (χ2v) is 9.85. The summed E-state index contributed by atoms with van der Waals surface area (Å²) in [6.45, 7) is 3.00. The fraction of sp³-hybridized carbons (Fsp3) is 0.207. The summed E-state index contributed by atoms with van der Waals surface area (Å²) >= 11 is 12.0. The molecule has 1 fully saturated rings. The van der Waals surface area contributed by atoms with Crippen LogP contribution in [-0.2, 0) is 11.3 Å². The van der Waals surface area contributed by atoms with Crippen molar-refractivity contribution < 1.29 is 4.79 Å². The normalized spacial score (nSPS) is 15.1. The van der Waals surface area contributed by atoms with Gasteiger partial charge in [0.1, 0.15) is 0 Å². The van der Waals surface area contributed by atoms with Crippen molar-refractivity contribution in [3.63, 3.8) is 0 Å². The summed E-state index contributed by atoms with van der Waals surface area (Å²) in [4.78, 5) is 18.3. The molecule has 1 amide bonds. The lowest BCUT2D eigenvalue weighted by atomic mass is 9.89. The first-order valence-electron chi connectivity index (χ1n) is 11.9. The van der Waals surface area contributed by atoms with E-state index < -0.39 is 0 Å². The molecule has 4 nitrogen and oxygen atoms in total. The smallest absolute Gasteiger partial charge is 0.248 e. The Morgan fingerprint density at radius 2 is 1.83 bits per heavy atom. The lowest BCUT2D eigenvalue weighted by Crippen LogP contribution is -2.32. The number of hydrogen-bond acceptors (Lipinski definition) is 2. The Labute approximate surface area is 215 Å². The van der Waals surface area contributed by atoms with Crippen LogP contribution < -0.4 is 5.32 Å². The van der Waals surface area contributed by atoms with Crippen LogP contribution in [0.25, 0.3) is 17.0 Å². The van der Waals surface area contributed by atoms with Gasteiger partial charge in [0.25, 0.3) is 0 Å². The van der Waals surface area contributed by atoms with Crippen LogP contribution in [0, 0.1) is 0 Å². The average molecular weight is 504 g/mol. The van der Waals surface area contributed by atoms with Crippen LogP contribution in [0.2, 0.25) is 10.0 Å². The Kier molecular flexibility index (Phi) is 7.24.